The number of para-hydroxylation sites is 6. The van der Waals surface area contributed by atoms with E-state index in [9.17, 15) is 0 Å². The second kappa shape index (κ2) is 34.2. The van der Waals surface area contributed by atoms with Gasteiger partial charge in [-0.25, -0.2) is 9.97 Å². The van der Waals surface area contributed by atoms with E-state index in [2.05, 4.69) is 270 Å². The second-order valence-electron chi connectivity index (χ2n) is 24.7. The summed E-state index contributed by atoms with van der Waals surface area (Å²) in [6, 6.07) is 69.4. The van der Waals surface area contributed by atoms with Crippen molar-refractivity contribution in [1.82, 2.24) is 9.97 Å². The molecule has 0 saturated heterocycles. The molecule has 0 aliphatic heterocycles. The fourth-order valence-corrected chi connectivity index (χ4v) is 12.7. The number of hydrogen-bond donors (Lipinski definition) is 0. The van der Waals surface area contributed by atoms with E-state index < -0.39 is 0 Å². The van der Waals surface area contributed by atoms with Gasteiger partial charge in [0.1, 0.15) is 0 Å². The molecule has 0 spiro atoms. The van der Waals surface area contributed by atoms with E-state index in [1.807, 2.05) is 0 Å². The standard InChI is InChI=1S/C40H39N3.C40H43N3.4CH3.2Hf/c1-25(2)32-17-11-18-33(26(3)4)40(32)43-36-19-10-15-30-22-23-35(42-39(30)36)37-31(21-20-29-14-7-8-16-34(29)37)24-41-38-27(5)12-9-13-28(38)6;1-6-13-28-14-7-8-21-34(28)41-36-22-10-16-29-15-9-20-33(38(29)36)35-25-24-30-17-11-23-37(39(30)42-35)43-40-31(26(2)3)18-12-19-32(40)27(4)5;;;;;;/h7-23,25-26H,24H2,1-6H3;7-9,11-12,14-15,17-21,23-27,36H,6,10,13,16,22H2,1-5H3;4*1H3;;/q2*-2;4*-1;2*+4. The summed E-state index contributed by atoms with van der Waals surface area (Å²) in [7, 11) is 0. The number of aromatic nitrogens is 2. The van der Waals surface area contributed by atoms with E-state index >= 15 is 0 Å². The minimum Gasteiger partial charge on any atom is -0.680 e. The van der Waals surface area contributed by atoms with Crippen molar-refractivity contribution in [3.63, 3.8) is 0 Å². The van der Waals surface area contributed by atoms with Gasteiger partial charge in [0.15, 0.2) is 0 Å². The molecule has 1 aliphatic rings. The SMILES string of the molecule is CCCc1ccccc1[N-]C1CCCc2cccc(-c3ccc4cccc([N-]c5c(C(C)C)cccc5C(C)C)c4n3)c21.Cc1cccc(C)c1[N-]Cc1ccc2ccccc2c1-c1ccc2cccc([N-]c3c(C(C)C)cccc3C(C)C)c2n1.[CH3-].[CH3-].[CH3-].[CH3-].[Hf+4].[Hf+4]. The van der Waals surface area contributed by atoms with E-state index in [0.29, 0.717) is 30.2 Å². The predicted molar refractivity (Wildman–Crippen MR) is 394 cm³/mol. The maximum Gasteiger partial charge on any atom is 4.00 e. The Hall–Kier alpha value is -7.00. The van der Waals surface area contributed by atoms with Crippen LogP contribution in [-0.2, 0) is 71.1 Å². The zero-order valence-electron chi connectivity index (χ0n) is 57.3. The van der Waals surface area contributed by atoms with Crippen molar-refractivity contribution in [3.05, 3.63) is 301 Å². The molecule has 9 aromatic carbocycles. The van der Waals surface area contributed by atoms with Crippen molar-refractivity contribution >= 4 is 66.7 Å². The molecule has 0 saturated carbocycles. The van der Waals surface area contributed by atoms with Crippen LogP contribution in [0, 0.1) is 43.6 Å². The Bertz CT molecular complexity index is 4150. The molecule has 2 heterocycles. The average molecular weight is 1540 g/mol. The molecule has 6 nitrogen and oxygen atoms in total. The molecule has 12 rings (SSSR count). The van der Waals surface area contributed by atoms with Gasteiger partial charge in [-0.2, -0.15) is 0 Å². The van der Waals surface area contributed by atoms with Crippen LogP contribution in [0.15, 0.2) is 194 Å². The van der Waals surface area contributed by atoms with E-state index in [1.165, 1.54) is 66.4 Å². The molecule has 92 heavy (non-hydrogen) atoms. The zero-order chi connectivity index (χ0) is 60.0. The number of nitrogens with zero attached hydrogens (tertiary/aromatic N) is 6. The number of pyridine rings is 2. The maximum atomic E-state index is 5.41. The molecule has 468 valence electrons. The van der Waals surface area contributed by atoms with E-state index in [0.717, 1.165) is 111 Å². The summed E-state index contributed by atoms with van der Waals surface area (Å²) < 4.78 is 0. The van der Waals surface area contributed by atoms with Gasteiger partial charge in [0, 0.05) is 11.1 Å². The third kappa shape index (κ3) is 16.5. The number of rotatable bonds is 17. The quantitative estimate of drug-likeness (QED) is 0.0672. The predicted octanol–water partition coefficient (Wildman–Crippen LogP) is 26.8. The van der Waals surface area contributed by atoms with Crippen LogP contribution in [0.1, 0.15) is 167 Å². The van der Waals surface area contributed by atoms with Gasteiger partial charge >= 0.3 is 51.7 Å². The van der Waals surface area contributed by atoms with Crippen LogP contribution in [0.3, 0.4) is 0 Å². The molecule has 0 amide bonds. The van der Waals surface area contributed by atoms with E-state index in [-0.39, 0.29) is 87.4 Å². The van der Waals surface area contributed by atoms with E-state index in [1.54, 1.807) is 0 Å². The van der Waals surface area contributed by atoms with Crippen molar-refractivity contribution in [1.29, 1.82) is 0 Å². The van der Waals surface area contributed by atoms with Gasteiger partial charge in [-0.05, 0) is 95.2 Å². The topological polar surface area (TPSA) is 82.2 Å². The minimum absolute atomic E-state index is 0. The maximum absolute atomic E-state index is 5.41. The minimum atomic E-state index is 0. The van der Waals surface area contributed by atoms with Gasteiger partial charge in [-0.15, -0.1) is 40.7 Å². The summed E-state index contributed by atoms with van der Waals surface area (Å²) in [4.78, 5) is 10.7. The molecular formula is C84H94Hf2N6. The van der Waals surface area contributed by atoms with Crippen molar-refractivity contribution in [3.8, 4) is 22.5 Å². The van der Waals surface area contributed by atoms with Gasteiger partial charge in [0.05, 0.1) is 22.4 Å². The van der Waals surface area contributed by atoms with Gasteiger partial charge in [-0.3, -0.25) is 0 Å². The molecule has 8 heteroatoms. The molecule has 11 aromatic rings. The summed E-state index contributed by atoms with van der Waals surface area (Å²) in [6.45, 7) is 25.0. The van der Waals surface area contributed by atoms with Crippen molar-refractivity contribution in [2.24, 2.45) is 0 Å². The molecule has 2 aromatic heterocycles. The smallest absolute Gasteiger partial charge is 0.680 e. The number of benzene rings is 9. The third-order valence-electron chi connectivity index (χ3n) is 17.2. The van der Waals surface area contributed by atoms with Crippen LogP contribution in [0.2, 0.25) is 0 Å². The van der Waals surface area contributed by atoms with Crippen LogP contribution in [-0.4, -0.2) is 9.97 Å². The Morgan fingerprint density at radius 2 is 0.913 bits per heavy atom. The molecule has 1 atom stereocenters. The first-order valence-electron chi connectivity index (χ1n) is 31.4. The Labute approximate surface area is 591 Å². The summed E-state index contributed by atoms with van der Waals surface area (Å²) in [5.41, 5.74) is 25.1. The van der Waals surface area contributed by atoms with Gasteiger partial charge < -0.3 is 51.0 Å². The largest absolute Gasteiger partial charge is 4.00 e. The normalized spacial score (nSPS) is 12.3. The monoisotopic (exact) mass is 1550 g/mol. The zero-order valence-corrected chi connectivity index (χ0v) is 64.5. The number of fused-ring (bicyclic) bond motifs is 4. The summed E-state index contributed by atoms with van der Waals surface area (Å²) in [5, 5.41) is 25.8. The van der Waals surface area contributed by atoms with Crippen molar-refractivity contribution in [2.75, 3.05) is 0 Å². The average Bonchev–Trinajstić information content (AvgIpc) is 0.808. The van der Waals surface area contributed by atoms with Crippen molar-refractivity contribution < 1.29 is 51.7 Å². The first-order valence-corrected chi connectivity index (χ1v) is 31.4. The molecule has 1 aliphatic carbocycles. The fraction of sp³-hybridized carbons (Fsp3) is 0.262. The van der Waals surface area contributed by atoms with E-state index in [4.69, 9.17) is 31.2 Å². The van der Waals surface area contributed by atoms with Gasteiger partial charge in [0.2, 0.25) is 0 Å². The van der Waals surface area contributed by atoms with Crippen LogP contribution < -0.4 is 0 Å². The third-order valence-corrected chi connectivity index (χ3v) is 17.2. The Morgan fingerprint density at radius 3 is 1.48 bits per heavy atom. The molecule has 1 unspecified atom stereocenters. The number of aryl methyl sites for hydroxylation is 4. The Kier molecular flexibility index (Phi) is 28.2. The summed E-state index contributed by atoms with van der Waals surface area (Å²) in [5.74, 6) is 1.51. The van der Waals surface area contributed by atoms with Gasteiger partial charge in [-0.1, -0.05) is 314 Å². The molecule has 0 bridgehead atoms. The number of hydrogen-bond acceptors (Lipinski definition) is 2. The van der Waals surface area contributed by atoms with Crippen LogP contribution >= 0.6 is 0 Å². The molecule has 0 N–H and O–H groups in total. The summed E-state index contributed by atoms with van der Waals surface area (Å²) >= 11 is 0. The first kappa shape index (κ1) is 75.7. The molecule has 0 radical (unpaired) electrons. The van der Waals surface area contributed by atoms with Crippen LogP contribution in [0.4, 0.5) is 34.1 Å². The second-order valence-corrected chi connectivity index (χ2v) is 24.7. The van der Waals surface area contributed by atoms with Crippen molar-refractivity contribution in [2.45, 2.75) is 145 Å². The first-order chi connectivity index (χ1) is 41.8. The van der Waals surface area contributed by atoms with Crippen LogP contribution in [0.25, 0.3) is 76.4 Å². The summed E-state index contributed by atoms with van der Waals surface area (Å²) in [6.07, 6.45) is 5.47. The van der Waals surface area contributed by atoms with Crippen LogP contribution in [0.5, 0.6) is 0 Å². The molecular weight excluding hydrogens is 1450 g/mol. The fourth-order valence-electron chi connectivity index (χ4n) is 12.7. The molecule has 0 fully saturated rings. The Morgan fingerprint density at radius 1 is 0.446 bits per heavy atom. The van der Waals surface area contributed by atoms with Gasteiger partial charge in [0.25, 0.3) is 0 Å². The Balaban J connectivity index is 0.000000313.